The summed E-state index contributed by atoms with van der Waals surface area (Å²) in [7, 11) is 0. The molecule has 0 aliphatic rings. The molecule has 106 valence electrons. The van der Waals surface area contributed by atoms with Gasteiger partial charge in [0, 0.05) is 4.47 Å². The first-order chi connectivity index (χ1) is 9.55. The third-order valence-corrected chi connectivity index (χ3v) is 4.42. The summed E-state index contributed by atoms with van der Waals surface area (Å²) in [4.78, 5) is 0. The molecule has 0 bridgehead atoms. The SMILES string of the molecule is CCc1ccc(C(Cl)c2cc(F)cc(Br)c2)cc1CC. The van der Waals surface area contributed by atoms with E-state index < -0.39 is 0 Å². The van der Waals surface area contributed by atoms with Gasteiger partial charge in [-0.2, -0.15) is 0 Å². The minimum atomic E-state index is -0.335. The van der Waals surface area contributed by atoms with Crippen molar-refractivity contribution < 1.29 is 4.39 Å². The lowest BCUT2D eigenvalue weighted by molar-refractivity contribution is 0.625. The van der Waals surface area contributed by atoms with E-state index in [2.05, 4.69) is 41.9 Å². The van der Waals surface area contributed by atoms with Crippen LogP contribution in [0.3, 0.4) is 0 Å². The Hall–Kier alpha value is -0.860. The molecule has 20 heavy (non-hydrogen) atoms. The molecule has 3 heteroatoms. The van der Waals surface area contributed by atoms with Crippen LogP contribution in [0.15, 0.2) is 40.9 Å². The van der Waals surface area contributed by atoms with Gasteiger partial charge < -0.3 is 0 Å². The number of aryl methyl sites for hydroxylation is 2. The average molecular weight is 356 g/mol. The predicted octanol–water partition coefficient (Wildman–Crippen LogP) is 6.04. The summed E-state index contributed by atoms with van der Waals surface area (Å²) in [6.45, 7) is 4.29. The fourth-order valence-electron chi connectivity index (χ4n) is 2.39. The quantitative estimate of drug-likeness (QED) is 0.586. The van der Waals surface area contributed by atoms with Crippen molar-refractivity contribution in [1.82, 2.24) is 0 Å². The summed E-state index contributed by atoms with van der Waals surface area (Å²) >= 11 is 9.82. The Kier molecular flexibility index (Phi) is 5.22. The van der Waals surface area contributed by atoms with Crippen LogP contribution >= 0.6 is 27.5 Å². The van der Waals surface area contributed by atoms with E-state index >= 15 is 0 Å². The van der Waals surface area contributed by atoms with Crippen LogP contribution in [-0.2, 0) is 12.8 Å². The zero-order chi connectivity index (χ0) is 14.7. The maximum absolute atomic E-state index is 13.5. The highest BCUT2D eigenvalue weighted by Crippen LogP contribution is 2.32. The molecule has 0 N–H and O–H groups in total. The normalized spacial score (nSPS) is 12.4. The molecule has 0 saturated carbocycles. The van der Waals surface area contributed by atoms with E-state index in [-0.39, 0.29) is 11.2 Å². The Balaban J connectivity index is 2.39. The van der Waals surface area contributed by atoms with Crippen LogP contribution in [0.1, 0.15) is 41.5 Å². The molecule has 1 unspecified atom stereocenters. The Morgan fingerprint density at radius 2 is 1.70 bits per heavy atom. The highest BCUT2D eigenvalue weighted by Gasteiger charge is 2.14. The van der Waals surface area contributed by atoms with Gasteiger partial charge in [0.05, 0.1) is 5.38 Å². The molecule has 1 atom stereocenters. The van der Waals surface area contributed by atoms with Crippen molar-refractivity contribution in [3.05, 3.63) is 68.9 Å². The van der Waals surface area contributed by atoms with Crippen molar-refractivity contribution in [3.63, 3.8) is 0 Å². The molecule has 0 aliphatic heterocycles. The zero-order valence-electron chi connectivity index (χ0n) is 11.6. The first kappa shape index (κ1) is 15.5. The Morgan fingerprint density at radius 3 is 2.30 bits per heavy atom. The lowest BCUT2D eigenvalue weighted by Crippen LogP contribution is -1.98. The molecule has 2 aromatic rings. The van der Waals surface area contributed by atoms with E-state index in [1.807, 2.05) is 12.1 Å². The lowest BCUT2D eigenvalue weighted by Gasteiger charge is -2.14. The molecular weight excluding hydrogens is 339 g/mol. The lowest BCUT2D eigenvalue weighted by atomic mass is 9.96. The van der Waals surface area contributed by atoms with Crippen LogP contribution in [0.4, 0.5) is 4.39 Å². The molecule has 0 spiro atoms. The maximum atomic E-state index is 13.5. The van der Waals surface area contributed by atoms with E-state index in [0.717, 1.165) is 24.0 Å². The van der Waals surface area contributed by atoms with Crippen LogP contribution < -0.4 is 0 Å². The number of alkyl halides is 1. The van der Waals surface area contributed by atoms with Crippen LogP contribution in [0.25, 0.3) is 0 Å². The fraction of sp³-hybridized carbons (Fsp3) is 0.294. The van der Waals surface area contributed by atoms with Crippen molar-refractivity contribution in [2.24, 2.45) is 0 Å². The Morgan fingerprint density at radius 1 is 1.00 bits per heavy atom. The third-order valence-electron chi connectivity index (χ3n) is 3.46. The van der Waals surface area contributed by atoms with Gasteiger partial charge in [0.2, 0.25) is 0 Å². The monoisotopic (exact) mass is 354 g/mol. The summed E-state index contributed by atoms with van der Waals surface area (Å²) in [6.07, 6.45) is 2.00. The maximum Gasteiger partial charge on any atom is 0.124 e. The summed E-state index contributed by atoms with van der Waals surface area (Å²) in [5.41, 5.74) is 4.44. The summed E-state index contributed by atoms with van der Waals surface area (Å²) < 4.78 is 14.2. The van der Waals surface area contributed by atoms with Gasteiger partial charge in [-0.1, -0.05) is 48.0 Å². The Bertz CT molecular complexity index is 590. The molecular formula is C17H17BrClF. The molecule has 2 rings (SSSR count). The van der Waals surface area contributed by atoms with Crippen molar-refractivity contribution in [2.75, 3.05) is 0 Å². The third kappa shape index (κ3) is 3.42. The molecule has 0 nitrogen and oxygen atoms in total. The number of benzene rings is 2. The number of rotatable bonds is 4. The first-order valence-corrected chi connectivity index (χ1v) is 7.99. The van der Waals surface area contributed by atoms with Crippen LogP contribution in [-0.4, -0.2) is 0 Å². The van der Waals surface area contributed by atoms with E-state index in [1.165, 1.54) is 23.3 Å². The van der Waals surface area contributed by atoms with Crippen LogP contribution in [0.5, 0.6) is 0 Å². The summed E-state index contributed by atoms with van der Waals surface area (Å²) in [5.74, 6) is -0.277. The van der Waals surface area contributed by atoms with Gasteiger partial charge in [-0.25, -0.2) is 4.39 Å². The molecule has 2 aromatic carbocycles. The second-order valence-electron chi connectivity index (χ2n) is 4.80. The summed E-state index contributed by atoms with van der Waals surface area (Å²) in [5, 5.41) is -0.335. The average Bonchev–Trinajstić information content (AvgIpc) is 2.44. The molecule has 0 aromatic heterocycles. The molecule has 0 heterocycles. The van der Waals surface area contributed by atoms with Gasteiger partial charge >= 0.3 is 0 Å². The number of halogens is 3. The van der Waals surface area contributed by atoms with Crippen LogP contribution in [0.2, 0.25) is 0 Å². The zero-order valence-corrected chi connectivity index (χ0v) is 13.9. The molecule has 0 amide bonds. The van der Waals surface area contributed by atoms with Gasteiger partial charge in [0.1, 0.15) is 5.82 Å². The van der Waals surface area contributed by atoms with Gasteiger partial charge in [0.25, 0.3) is 0 Å². The molecule has 0 radical (unpaired) electrons. The number of hydrogen-bond acceptors (Lipinski definition) is 0. The van der Waals surface area contributed by atoms with Crippen LogP contribution in [0, 0.1) is 5.82 Å². The van der Waals surface area contributed by atoms with Gasteiger partial charge in [0.15, 0.2) is 0 Å². The first-order valence-electron chi connectivity index (χ1n) is 6.76. The highest BCUT2D eigenvalue weighted by molar-refractivity contribution is 9.10. The van der Waals surface area contributed by atoms with E-state index in [0.29, 0.717) is 4.47 Å². The van der Waals surface area contributed by atoms with Gasteiger partial charge in [-0.15, -0.1) is 11.6 Å². The van der Waals surface area contributed by atoms with Gasteiger partial charge in [-0.05, 0) is 53.3 Å². The minimum absolute atomic E-state index is 0.277. The second kappa shape index (κ2) is 6.73. The predicted molar refractivity (Wildman–Crippen MR) is 87.0 cm³/mol. The van der Waals surface area contributed by atoms with Crippen molar-refractivity contribution >= 4 is 27.5 Å². The second-order valence-corrected chi connectivity index (χ2v) is 6.15. The molecule has 0 saturated heterocycles. The van der Waals surface area contributed by atoms with E-state index in [9.17, 15) is 4.39 Å². The largest absolute Gasteiger partial charge is 0.207 e. The smallest absolute Gasteiger partial charge is 0.124 e. The van der Waals surface area contributed by atoms with Gasteiger partial charge in [-0.3, -0.25) is 0 Å². The molecule has 0 aliphatic carbocycles. The van der Waals surface area contributed by atoms with E-state index in [4.69, 9.17) is 11.6 Å². The molecule has 0 fully saturated rings. The standard InChI is InChI=1S/C17H17BrClF/c1-3-11-5-6-13(7-12(11)4-2)17(19)14-8-15(18)10-16(20)9-14/h5-10,17H,3-4H2,1-2H3. The minimum Gasteiger partial charge on any atom is -0.207 e. The van der Waals surface area contributed by atoms with E-state index in [1.54, 1.807) is 0 Å². The Labute approximate surface area is 133 Å². The number of hydrogen-bond donors (Lipinski definition) is 0. The summed E-state index contributed by atoms with van der Waals surface area (Å²) in [6, 6.07) is 11.1. The van der Waals surface area contributed by atoms with Crippen molar-refractivity contribution in [2.45, 2.75) is 32.1 Å². The highest BCUT2D eigenvalue weighted by atomic mass is 79.9. The fourth-order valence-corrected chi connectivity index (χ4v) is 3.14. The van der Waals surface area contributed by atoms with Crippen molar-refractivity contribution in [3.8, 4) is 0 Å². The van der Waals surface area contributed by atoms with Crippen molar-refractivity contribution in [1.29, 1.82) is 0 Å². The topological polar surface area (TPSA) is 0 Å².